The highest BCUT2D eigenvalue weighted by molar-refractivity contribution is 7.26. The molecule has 3 aromatic rings. The lowest BCUT2D eigenvalue weighted by Gasteiger charge is -2.38. The molecule has 0 bridgehead atoms. The van der Waals surface area contributed by atoms with Crippen LogP contribution in [0.15, 0.2) is 29.1 Å². The summed E-state index contributed by atoms with van der Waals surface area (Å²) in [5.41, 5.74) is 0.561. The maximum atomic E-state index is 13.3. The lowest BCUT2D eigenvalue weighted by atomic mass is 10.0. The van der Waals surface area contributed by atoms with E-state index in [9.17, 15) is 9.59 Å². The zero-order valence-electron chi connectivity index (χ0n) is 16.5. The fraction of sp³-hybridized carbons (Fsp3) is 0.476. The van der Waals surface area contributed by atoms with Gasteiger partial charge in [0, 0.05) is 36.0 Å². The molecule has 2 fully saturated rings. The van der Waals surface area contributed by atoms with Gasteiger partial charge in [-0.1, -0.05) is 18.2 Å². The molecule has 7 nitrogen and oxygen atoms in total. The molecule has 2 aliphatic rings. The Morgan fingerprint density at radius 3 is 2.62 bits per heavy atom. The molecule has 4 heterocycles. The number of hydrogen-bond acceptors (Lipinski definition) is 6. The van der Waals surface area contributed by atoms with Gasteiger partial charge in [0.25, 0.3) is 5.56 Å². The van der Waals surface area contributed by atoms with Gasteiger partial charge in [0.15, 0.2) is 5.79 Å². The van der Waals surface area contributed by atoms with Crippen LogP contribution in [0.1, 0.15) is 31.5 Å². The highest BCUT2D eigenvalue weighted by Gasteiger charge is 2.41. The SMILES string of the molecule is Cc1nn(C(C)C(=O)N2CCC3(CC2)OCCO3)c(=O)c2c1sc1ccccc12. The summed E-state index contributed by atoms with van der Waals surface area (Å²) < 4.78 is 14.8. The largest absolute Gasteiger partial charge is 0.347 e. The minimum atomic E-state index is -0.663. The van der Waals surface area contributed by atoms with E-state index >= 15 is 0 Å². The number of aromatic nitrogens is 2. The molecule has 5 rings (SSSR count). The van der Waals surface area contributed by atoms with Crippen molar-refractivity contribution in [2.45, 2.75) is 38.5 Å². The minimum Gasteiger partial charge on any atom is -0.347 e. The number of likely N-dealkylation sites (tertiary alicyclic amines) is 1. The number of ether oxygens (including phenoxy) is 2. The van der Waals surface area contributed by atoms with Crippen LogP contribution in [-0.2, 0) is 14.3 Å². The predicted octanol–water partition coefficient (Wildman–Crippen LogP) is 2.85. The molecule has 2 aromatic heterocycles. The van der Waals surface area contributed by atoms with Gasteiger partial charge in [-0.2, -0.15) is 5.10 Å². The van der Waals surface area contributed by atoms with E-state index in [4.69, 9.17) is 9.47 Å². The molecule has 8 heteroatoms. The van der Waals surface area contributed by atoms with Crippen LogP contribution in [0, 0.1) is 6.92 Å². The number of thiophene rings is 1. The van der Waals surface area contributed by atoms with E-state index in [1.807, 2.05) is 31.2 Å². The summed E-state index contributed by atoms with van der Waals surface area (Å²) in [7, 11) is 0. The fourth-order valence-corrected chi connectivity index (χ4v) is 5.50. The summed E-state index contributed by atoms with van der Waals surface area (Å²) in [6, 6.07) is 7.20. The number of aryl methyl sites for hydroxylation is 1. The second kappa shape index (κ2) is 6.90. The molecule has 1 unspecified atom stereocenters. The Balaban J connectivity index is 1.47. The van der Waals surface area contributed by atoms with Crippen molar-refractivity contribution in [1.29, 1.82) is 0 Å². The maximum Gasteiger partial charge on any atom is 0.276 e. The Hall–Kier alpha value is -2.29. The lowest BCUT2D eigenvalue weighted by molar-refractivity contribution is -0.188. The van der Waals surface area contributed by atoms with Gasteiger partial charge in [-0.3, -0.25) is 9.59 Å². The first-order chi connectivity index (χ1) is 14.0. The first kappa shape index (κ1) is 18.7. The Kier molecular flexibility index (Phi) is 4.45. The number of hydrogen-bond donors (Lipinski definition) is 0. The zero-order chi connectivity index (χ0) is 20.2. The van der Waals surface area contributed by atoms with Crippen molar-refractivity contribution >= 4 is 37.4 Å². The summed E-state index contributed by atoms with van der Waals surface area (Å²) in [6.07, 6.45) is 1.31. The van der Waals surface area contributed by atoms with Crippen molar-refractivity contribution in [2.24, 2.45) is 0 Å². The third-order valence-electron chi connectivity index (χ3n) is 5.98. The number of amides is 1. The molecule has 0 radical (unpaired) electrons. The van der Waals surface area contributed by atoms with Crippen molar-refractivity contribution < 1.29 is 14.3 Å². The first-order valence-corrected chi connectivity index (χ1v) is 10.8. The molecule has 0 aliphatic carbocycles. The molecule has 29 heavy (non-hydrogen) atoms. The Bertz CT molecular complexity index is 1150. The van der Waals surface area contributed by atoms with Gasteiger partial charge in [-0.05, 0) is 19.9 Å². The molecule has 2 aliphatic heterocycles. The van der Waals surface area contributed by atoms with E-state index in [0.29, 0.717) is 44.5 Å². The van der Waals surface area contributed by atoms with E-state index in [0.717, 1.165) is 20.5 Å². The van der Waals surface area contributed by atoms with Crippen LogP contribution in [0.4, 0.5) is 0 Å². The minimum absolute atomic E-state index is 0.0919. The van der Waals surface area contributed by atoms with Crippen molar-refractivity contribution in [1.82, 2.24) is 14.7 Å². The third kappa shape index (κ3) is 2.97. The van der Waals surface area contributed by atoms with Gasteiger partial charge in [0.05, 0.1) is 29.0 Å². The smallest absolute Gasteiger partial charge is 0.276 e. The van der Waals surface area contributed by atoms with E-state index < -0.39 is 11.8 Å². The van der Waals surface area contributed by atoms with Crippen LogP contribution < -0.4 is 5.56 Å². The molecule has 1 aromatic carbocycles. The highest BCUT2D eigenvalue weighted by Crippen LogP contribution is 2.34. The zero-order valence-corrected chi connectivity index (χ0v) is 17.3. The summed E-state index contributed by atoms with van der Waals surface area (Å²) in [5.74, 6) is -0.619. The number of piperidine rings is 1. The monoisotopic (exact) mass is 413 g/mol. The Morgan fingerprint density at radius 1 is 1.21 bits per heavy atom. The van der Waals surface area contributed by atoms with Crippen LogP contribution >= 0.6 is 11.3 Å². The van der Waals surface area contributed by atoms with Crippen molar-refractivity contribution in [3.05, 3.63) is 40.3 Å². The van der Waals surface area contributed by atoms with Gasteiger partial charge in [0.1, 0.15) is 6.04 Å². The van der Waals surface area contributed by atoms with E-state index in [1.54, 1.807) is 23.2 Å². The van der Waals surface area contributed by atoms with Crippen LogP contribution in [0.3, 0.4) is 0 Å². The Morgan fingerprint density at radius 2 is 1.90 bits per heavy atom. The molecule has 1 atom stereocenters. The molecule has 2 saturated heterocycles. The van der Waals surface area contributed by atoms with Gasteiger partial charge in [-0.15, -0.1) is 11.3 Å². The summed E-state index contributed by atoms with van der Waals surface area (Å²) in [6.45, 7) is 5.98. The summed E-state index contributed by atoms with van der Waals surface area (Å²) >= 11 is 1.57. The van der Waals surface area contributed by atoms with Gasteiger partial charge < -0.3 is 14.4 Å². The molecular weight excluding hydrogens is 390 g/mol. The second-order valence-electron chi connectivity index (χ2n) is 7.75. The predicted molar refractivity (Wildman–Crippen MR) is 111 cm³/mol. The van der Waals surface area contributed by atoms with E-state index in [2.05, 4.69) is 5.10 Å². The second-order valence-corrected chi connectivity index (χ2v) is 8.80. The number of carbonyl (C=O) groups excluding carboxylic acids is 1. The van der Waals surface area contributed by atoms with Gasteiger partial charge in [0.2, 0.25) is 5.91 Å². The standard InChI is InChI=1S/C21H23N3O4S/c1-13-18-17(15-5-3-4-6-16(15)29-18)20(26)24(22-13)14(2)19(25)23-9-7-21(8-10-23)27-11-12-28-21/h3-6,14H,7-12H2,1-2H3. The average Bonchev–Trinajstić information content (AvgIpc) is 3.35. The topological polar surface area (TPSA) is 73.7 Å². The molecule has 0 N–H and O–H groups in total. The number of fused-ring (bicyclic) bond motifs is 3. The maximum absolute atomic E-state index is 13.3. The van der Waals surface area contributed by atoms with E-state index in [-0.39, 0.29) is 11.5 Å². The van der Waals surface area contributed by atoms with Crippen LogP contribution in [-0.4, -0.2) is 52.7 Å². The van der Waals surface area contributed by atoms with Gasteiger partial charge in [-0.25, -0.2) is 4.68 Å². The molecule has 1 amide bonds. The molecular formula is C21H23N3O4S. The number of nitrogens with zero attached hydrogens (tertiary/aromatic N) is 3. The molecule has 0 saturated carbocycles. The highest BCUT2D eigenvalue weighted by atomic mass is 32.1. The fourth-order valence-electron chi connectivity index (χ4n) is 4.36. The van der Waals surface area contributed by atoms with Crippen molar-refractivity contribution in [3.63, 3.8) is 0 Å². The van der Waals surface area contributed by atoms with Crippen molar-refractivity contribution in [2.75, 3.05) is 26.3 Å². The van der Waals surface area contributed by atoms with Crippen molar-refractivity contribution in [3.8, 4) is 0 Å². The van der Waals surface area contributed by atoms with E-state index in [1.165, 1.54) is 4.68 Å². The molecule has 152 valence electrons. The van der Waals surface area contributed by atoms with Crippen LogP contribution in [0.25, 0.3) is 20.2 Å². The van der Waals surface area contributed by atoms with Crippen LogP contribution in [0.5, 0.6) is 0 Å². The normalized spacial score (nSPS) is 20.0. The quantitative estimate of drug-likeness (QED) is 0.646. The molecule has 1 spiro atoms. The summed E-state index contributed by atoms with van der Waals surface area (Å²) in [5, 5.41) is 6.08. The average molecular weight is 413 g/mol. The first-order valence-electron chi connectivity index (χ1n) is 9.96. The number of carbonyl (C=O) groups is 1. The van der Waals surface area contributed by atoms with Crippen LogP contribution in [0.2, 0.25) is 0 Å². The number of rotatable bonds is 2. The summed E-state index contributed by atoms with van der Waals surface area (Å²) in [4.78, 5) is 28.2. The Labute approximate surface area is 171 Å². The number of benzene rings is 1. The van der Waals surface area contributed by atoms with Gasteiger partial charge >= 0.3 is 0 Å². The lowest BCUT2D eigenvalue weighted by Crippen LogP contribution is -2.49. The third-order valence-corrected chi connectivity index (χ3v) is 7.26.